The van der Waals surface area contributed by atoms with E-state index >= 15 is 0 Å². The van der Waals surface area contributed by atoms with Crippen molar-refractivity contribution < 1.29 is 27.5 Å². The van der Waals surface area contributed by atoms with Gasteiger partial charge in [0.25, 0.3) is 5.91 Å². The molecule has 8 nitrogen and oxygen atoms in total. The number of esters is 1. The lowest BCUT2D eigenvalue weighted by Gasteiger charge is -2.10. The number of hydrogen-bond acceptors (Lipinski definition) is 6. The zero-order valence-corrected chi connectivity index (χ0v) is 12.5. The Morgan fingerprint density at radius 3 is 2.64 bits per heavy atom. The van der Waals surface area contributed by atoms with Crippen LogP contribution in [0.5, 0.6) is 5.75 Å². The summed E-state index contributed by atoms with van der Waals surface area (Å²) < 4.78 is 32.3. The van der Waals surface area contributed by atoms with Crippen LogP contribution in [-0.2, 0) is 19.6 Å². The first-order valence-corrected chi connectivity index (χ1v) is 7.42. The Kier molecular flexibility index (Phi) is 5.91. The number of hydrogen-bond donors (Lipinski definition) is 2. The van der Waals surface area contributed by atoms with Crippen molar-refractivity contribution in [3.05, 3.63) is 23.8 Å². The molecule has 0 atom stereocenters. The fraction of sp³-hybridized carbons (Fsp3) is 0.231. The molecule has 0 fully saturated rings. The normalized spacial score (nSPS) is 10.4. The molecule has 0 aromatic heterocycles. The summed E-state index contributed by atoms with van der Waals surface area (Å²) in [6, 6.07) is 3.45. The summed E-state index contributed by atoms with van der Waals surface area (Å²) in [6.07, 6.45) is 4.96. The first-order valence-electron chi connectivity index (χ1n) is 5.87. The van der Waals surface area contributed by atoms with Crippen molar-refractivity contribution in [2.75, 3.05) is 20.3 Å². The Morgan fingerprint density at radius 1 is 1.41 bits per heavy atom. The molecule has 118 valence electrons. The lowest BCUT2D eigenvalue weighted by atomic mass is 10.2. The van der Waals surface area contributed by atoms with Crippen LogP contribution in [-0.4, -0.2) is 40.6 Å². The molecule has 1 aromatic carbocycles. The average molecular weight is 326 g/mol. The maximum absolute atomic E-state index is 11.9. The van der Waals surface area contributed by atoms with Gasteiger partial charge in [0.2, 0.25) is 10.0 Å². The number of carbonyl (C=O) groups is 2. The maximum atomic E-state index is 11.9. The Balaban J connectivity index is 2.92. The minimum absolute atomic E-state index is 0.000602. The van der Waals surface area contributed by atoms with Gasteiger partial charge in [0.05, 0.1) is 18.6 Å². The minimum Gasteiger partial charge on any atom is -0.496 e. The zero-order chi connectivity index (χ0) is 16.8. The molecular weight excluding hydrogens is 312 g/mol. The van der Waals surface area contributed by atoms with Crippen LogP contribution >= 0.6 is 0 Å². The van der Waals surface area contributed by atoms with E-state index in [2.05, 4.69) is 11.2 Å². The highest BCUT2D eigenvalue weighted by Gasteiger charge is 2.19. The van der Waals surface area contributed by atoms with Crippen molar-refractivity contribution in [1.82, 2.24) is 5.32 Å². The maximum Gasteiger partial charge on any atom is 0.342 e. The number of ether oxygens (including phenoxy) is 2. The molecule has 9 heteroatoms. The molecule has 0 bridgehead atoms. The number of carbonyl (C=O) groups excluding carboxylic acids is 2. The third-order valence-corrected chi connectivity index (χ3v) is 3.35. The van der Waals surface area contributed by atoms with Gasteiger partial charge >= 0.3 is 5.97 Å². The number of benzene rings is 1. The van der Waals surface area contributed by atoms with Gasteiger partial charge in [0.15, 0.2) is 6.61 Å². The van der Waals surface area contributed by atoms with Gasteiger partial charge in [-0.15, -0.1) is 6.42 Å². The largest absolute Gasteiger partial charge is 0.496 e. The monoisotopic (exact) mass is 326 g/mol. The first-order chi connectivity index (χ1) is 10.3. The Hall–Kier alpha value is -2.57. The Bertz CT molecular complexity index is 721. The topological polar surface area (TPSA) is 125 Å². The number of primary sulfonamides is 1. The van der Waals surface area contributed by atoms with Gasteiger partial charge < -0.3 is 14.8 Å². The Morgan fingerprint density at radius 2 is 2.09 bits per heavy atom. The molecule has 22 heavy (non-hydrogen) atoms. The van der Waals surface area contributed by atoms with Gasteiger partial charge in [-0.05, 0) is 18.2 Å². The van der Waals surface area contributed by atoms with Crippen LogP contribution in [0, 0.1) is 12.3 Å². The molecule has 0 heterocycles. The predicted octanol–water partition coefficient (Wildman–Crippen LogP) is -0.751. The van der Waals surface area contributed by atoms with Crippen LogP contribution in [0.1, 0.15) is 10.4 Å². The number of rotatable bonds is 6. The number of amides is 1. The highest BCUT2D eigenvalue weighted by atomic mass is 32.2. The number of terminal acetylenes is 1. The highest BCUT2D eigenvalue weighted by molar-refractivity contribution is 7.89. The average Bonchev–Trinajstić information content (AvgIpc) is 2.48. The number of nitrogens with two attached hydrogens (primary N) is 1. The SMILES string of the molecule is C#CCNC(=O)COC(=O)c1cc(S(N)(=O)=O)ccc1OC. The molecule has 1 amide bonds. The smallest absolute Gasteiger partial charge is 0.342 e. The van der Waals surface area contributed by atoms with Crippen molar-refractivity contribution in [2.24, 2.45) is 5.14 Å². The molecule has 1 rings (SSSR count). The second-order valence-corrected chi connectivity index (χ2v) is 5.53. The number of sulfonamides is 1. The van der Waals surface area contributed by atoms with Crippen LogP contribution in [0.25, 0.3) is 0 Å². The second-order valence-electron chi connectivity index (χ2n) is 3.96. The van der Waals surface area contributed by atoms with E-state index < -0.39 is 28.5 Å². The summed E-state index contributed by atoms with van der Waals surface area (Å²) in [6.45, 7) is -0.566. The van der Waals surface area contributed by atoms with E-state index in [0.717, 1.165) is 6.07 Å². The van der Waals surface area contributed by atoms with E-state index in [1.807, 2.05) is 0 Å². The van der Waals surface area contributed by atoms with E-state index in [1.165, 1.54) is 19.2 Å². The van der Waals surface area contributed by atoms with E-state index in [1.54, 1.807) is 0 Å². The molecule has 1 aromatic rings. The van der Waals surface area contributed by atoms with E-state index in [0.29, 0.717) is 0 Å². The molecule has 0 unspecified atom stereocenters. The van der Waals surface area contributed by atoms with Crippen molar-refractivity contribution in [2.45, 2.75) is 4.90 Å². The van der Waals surface area contributed by atoms with Crippen LogP contribution in [0.2, 0.25) is 0 Å². The molecule has 0 aliphatic heterocycles. The fourth-order valence-electron chi connectivity index (χ4n) is 1.43. The molecule has 3 N–H and O–H groups in total. The third kappa shape index (κ3) is 4.76. The first kappa shape index (κ1) is 17.5. The molecular formula is C13H14N2O6S. The van der Waals surface area contributed by atoms with Crippen LogP contribution in [0.4, 0.5) is 0 Å². The quantitative estimate of drug-likeness (QED) is 0.523. The number of nitrogens with one attached hydrogen (secondary N) is 1. The standard InChI is InChI=1S/C13H14N2O6S/c1-3-6-15-12(16)8-21-13(17)10-7-9(22(14,18)19)4-5-11(10)20-2/h1,4-5,7H,6,8H2,2H3,(H,15,16)(H2,14,18,19). The van der Waals surface area contributed by atoms with Crippen LogP contribution in [0.3, 0.4) is 0 Å². The van der Waals surface area contributed by atoms with E-state index in [4.69, 9.17) is 21.0 Å². The number of methoxy groups -OCH3 is 1. The third-order valence-electron chi connectivity index (χ3n) is 2.44. The molecule has 0 spiro atoms. The van der Waals surface area contributed by atoms with Gasteiger partial charge in [-0.25, -0.2) is 18.4 Å². The molecule has 0 saturated heterocycles. The van der Waals surface area contributed by atoms with Gasteiger partial charge in [0, 0.05) is 0 Å². The molecule has 0 saturated carbocycles. The Labute approximate surface area is 127 Å². The van der Waals surface area contributed by atoms with Crippen molar-refractivity contribution in [3.8, 4) is 18.1 Å². The van der Waals surface area contributed by atoms with E-state index in [-0.39, 0.29) is 22.8 Å². The van der Waals surface area contributed by atoms with Crippen molar-refractivity contribution >= 4 is 21.9 Å². The van der Waals surface area contributed by atoms with Gasteiger partial charge in [0.1, 0.15) is 11.3 Å². The van der Waals surface area contributed by atoms with Crippen LogP contribution in [0.15, 0.2) is 23.1 Å². The van der Waals surface area contributed by atoms with Gasteiger partial charge in [-0.3, -0.25) is 4.79 Å². The predicted molar refractivity (Wildman–Crippen MR) is 76.5 cm³/mol. The van der Waals surface area contributed by atoms with Gasteiger partial charge in [-0.1, -0.05) is 5.92 Å². The summed E-state index contributed by atoms with van der Waals surface area (Å²) in [7, 11) is -2.70. The zero-order valence-electron chi connectivity index (χ0n) is 11.7. The highest BCUT2D eigenvalue weighted by Crippen LogP contribution is 2.22. The summed E-state index contributed by atoms with van der Waals surface area (Å²) in [5.74, 6) is 0.750. The summed E-state index contributed by atoms with van der Waals surface area (Å²) in [5, 5.41) is 7.29. The summed E-state index contributed by atoms with van der Waals surface area (Å²) in [5.41, 5.74) is -0.168. The summed E-state index contributed by atoms with van der Waals surface area (Å²) >= 11 is 0. The molecule has 0 aliphatic carbocycles. The van der Waals surface area contributed by atoms with E-state index in [9.17, 15) is 18.0 Å². The lowest BCUT2D eigenvalue weighted by Crippen LogP contribution is -2.29. The fourth-order valence-corrected chi connectivity index (χ4v) is 1.97. The minimum atomic E-state index is -3.99. The molecule has 0 aliphatic rings. The van der Waals surface area contributed by atoms with Crippen molar-refractivity contribution in [1.29, 1.82) is 0 Å². The van der Waals surface area contributed by atoms with Crippen molar-refractivity contribution in [3.63, 3.8) is 0 Å². The van der Waals surface area contributed by atoms with Crippen LogP contribution < -0.4 is 15.2 Å². The van der Waals surface area contributed by atoms with Gasteiger partial charge in [-0.2, -0.15) is 0 Å². The lowest BCUT2D eigenvalue weighted by molar-refractivity contribution is -0.123. The molecule has 0 radical (unpaired) electrons. The second kappa shape index (κ2) is 7.44. The summed E-state index contributed by atoms with van der Waals surface area (Å²) in [4.78, 5) is 22.9.